The van der Waals surface area contributed by atoms with Crippen LogP contribution in [0.1, 0.15) is 135 Å². The fourth-order valence-corrected chi connectivity index (χ4v) is 6.53. The van der Waals surface area contributed by atoms with E-state index >= 15 is 0 Å². The number of rotatable bonds is 28. The maximum Gasteiger partial charge on any atom is 0.243 e. The third kappa shape index (κ3) is 20.2. The number of phenols is 1. The Morgan fingerprint density at radius 3 is 1.55 bits per heavy atom. The van der Waals surface area contributed by atoms with Gasteiger partial charge in [0.15, 0.2) is 0 Å². The Morgan fingerprint density at radius 1 is 0.545 bits per heavy atom. The summed E-state index contributed by atoms with van der Waals surface area (Å²) in [5.41, 5.74) is 1.51. The van der Waals surface area contributed by atoms with E-state index in [9.17, 15) is 29.1 Å². The molecule has 5 amide bonds. The Balaban J connectivity index is 1.94. The van der Waals surface area contributed by atoms with Gasteiger partial charge in [-0.15, -0.1) is 0 Å². The molecular weight excluding hydrogens is 695 g/mol. The van der Waals surface area contributed by atoms with Crippen LogP contribution in [-0.2, 0) is 36.8 Å². The van der Waals surface area contributed by atoms with Crippen molar-refractivity contribution in [2.45, 2.75) is 161 Å². The molecule has 0 saturated carbocycles. The van der Waals surface area contributed by atoms with Gasteiger partial charge in [0, 0.05) is 26.3 Å². The molecule has 0 bridgehead atoms. The SMILES string of the molecule is CCCCCCCCCCCCCCCC(=O)N[C@@H](CC(C)C)C(=O)N[C@@H](C)C(=O)N[C@@H](Cc1ccc(O)cc1)C(=O)N[C@@H](Cc1ccccc1)C(=O)NC. The third-order valence-electron chi connectivity index (χ3n) is 9.79. The molecule has 2 rings (SSSR count). The average molecular weight is 764 g/mol. The van der Waals surface area contributed by atoms with Crippen LogP contribution >= 0.6 is 0 Å². The Morgan fingerprint density at radius 2 is 1.02 bits per heavy atom. The van der Waals surface area contributed by atoms with E-state index in [0.29, 0.717) is 18.4 Å². The molecule has 0 saturated heterocycles. The van der Waals surface area contributed by atoms with E-state index in [0.717, 1.165) is 24.8 Å². The first-order chi connectivity index (χ1) is 26.4. The Kier molecular flexibility index (Phi) is 23.1. The summed E-state index contributed by atoms with van der Waals surface area (Å²) in [4.78, 5) is 66.3. The molecule has 0 fully saturated rings. The highest BCUT2D eigenvalue weighted by atomic mass is 16.3. The molecule has 0 aliphatic heterocycles. The lowest BCUT2D eigenvalue weighted by Gasteiger charge is -2.26. The smallest absolute Gasteiger partial charge is 0.243 e. The lowest BCUT2D eigenvalue weighted by molar-refractivity contribution is -0.134. The molecule has 11 heteroatoms. The van der Waals surface area contributed by atoms with E-state index in [1.807, 2.05) is 44.2 Å². The summed E-state index contributed by atoms with van der Waals surface area (Å²) in [6.45, 7) is 7.69. The van der Waals surface area contributed by atoms with E-state index < -0.39 is 41.9 Å². The van der Waals surface area contributed by atoms with Crippen LogP contribution in [0.3, 0.4) is 0 Å². The number of carbonyl (C=O) groups excluding carboxylic acids is 5. The summed E-state index contributed by atoms with van der Waals surface area (Å²) in [6, 6.07) is 11.7. The molecule has 0 aliphatic carbocycles. The molecular formula is C44H69N5O6. The number of likely N-dealkylation sites (N-methyl/N-ethyl adjacent to an activating group) is 1. The lowest BCUT2D eigenvalue weighted by atomic mass is 10.0. The predicted molar refractivity (Wildman–Crippen MR) is 219 cm³/mol. The number of unbranched alkanes of at least 4 members (excludes halogenated alkanes) is 12. The summed E-state index contributed by atoms with van der Waals surface area (Å²) < 4.78 is 0. The van der Waals surface area contributed by atoms with Crippen LogP contribution in [0.4, 0.5) is 0 Å². The minimum Gasteiger partial charge on any atom is -0.508 e. The van der Waals surface area contributed by atoms with Gasteiger partial charge in [-0.3, -0.25) is 24.0 Å². The van der Waals surface area contributed by atoms with Gasteiger partial charge in [0.05, 0.1) is 0 Å². The second kappa shape index (κ2) is 27.2. The average Bonchev–Trinajstić information content (AvgIpc) is 3.16. The highest BCUT2D eigenvalue weighted by molar-refractivity contribution is 5.95. The highest BCUT2D eigenvalue weighted by Crippen LogP contribution is 2.15. The third-order valence-corrected chi connectivity index (χ3v) is 9.79. The maximum atomic E-state index is 13.7. The van der Waals surface area contributed by atoms with Gasteiger partial charge in [0.2, 0.25) is 29.5 Å². The molecule has 0 aliphatic rings. The summed E-state index contributed by atoms with van der Waals surface area (Å²) in [7, 11) is 1.49. The molecule has 306 valence electrons. The van der Waals surface area contributed by atoms with Crippen LogP contribution < -0.4 is 26.6 Å². The molecule has 2 aromatic carbocycles. The second-order valence-corrected chi connectivity index (χ2v) is 15.3. The van der Waals surface area contributed by atoms with Crippen molar-refractivity contribution >= 4 is 29.5 Å². The van der Waals surface area contributed by atoms with Gasteiger partial charge in [-0.1, -0.05) is 140 Å². The van der Waals surface area contributed by atoms with E-state index in [-0.39, 0.29) is 36.3 Å². The van der Waals surface area contributed by atoms with E-state index in [2.05, 4.69) is 33.5 Å². The molecule has 0 radical (unpaired) electrons. The molecule has 4 atom stereocenters. The minimum absolute atomic E-state index is 0.0556. The standard InChI is InChI=1S/C44H69N5O6/c1-6-7-8-9-10-11-12-13-14-15-16-17-21-24-40(51)47-37(29-32(2)3)43(54)46-33(4)41(52)48-39(31-35-25-27-36(50)28-26-35)44(55)49-38(42(53)45-5)30-34-22-19-18-20-23-34/h18-20,22-23,25-28,32-33,37-39,50H,6-17,21,24,29-31H2,1-5H3,(H,45,53)(H,46,54)(H,47,51)(H,48,52)(H,49,55)/t33-,37-,38-,39-/m0/s1. The summed E-state index contributed by atoms with van der Waals surface area (Å²) in [6.07, 6.45) is 16.9. The van der Waals surface area contributed by atoms with Gasteiger partial charge < -0.3 is 31.7 Å². The summed E-state index contributed by atoms with van der Waals surface area (Å²) in [5, 5.41) is 23.5. The number of amides is 5. The van der Waals surface area contributed by atoms with Gasteiger partial charge in [-0.2, -0.15) is 0 Å². The number of benzene rings is 2. The Hall–Kier alpha value is -4.41. The molecule has 0 spiro atoms. The summed E-state index contributed by atoms with van der Waals surface area (Å²) >= 11 is 0. The quantitative estimate of drug-likeness (QED) is 0.0549. The molecule has 0 heterocycles. The van der Waals surface area contributed by atoms with Gasteiger partial charge in [0.25, 0.3) is 0 Å². The van der Waals surface area contributed by atoms with Crippen LogP contribution in [-0.4, -0.2) is 65.9 Å². The zero-order valence-electron chi connectivity index (χ0n) is 34.1. The van der Waals surface area contributed by atoms with Crippen molar-refractivity contribution in [2.75, 3.05) is 7.05 Å². The van der Waals surface area contributed by atoms with Crippen molar-refractivity contribution in [3.05, 3.63) is 65.7 Å². The molecule has 6 N–H and O–H groups in total. The van der Waals surface area contributed by atoms with Crippen molar-refractivity contribution < 1.29 is 29.1 Å². The van der Waals surface area contributed by atoms with Crippen LogP contribution in [0, 0.1) is 5.92 Å². The molecule has 55 heavy (non-hydrogen) atoms. The Bertz CT molecular complexity index is 1420. The van der Waals surface area contributed by atoms with Crippen molar-refractivity contribution in [1.29, 1.82) is 0 Å². The lowest BCUT2D eigenvalue weighted by Crippen LogP contribution is -2.58. The van der Waals surface area contributed by atoms with Crippen LogP contribution in [0.15, 0.2) is 54.6 Å². The van der Waals surface area contributed by atoms with Crippen molar-refractivity contribution in [3.63, 3.8) is 0 Å². The van der Waals surface area contributed by atoms with Crippen LogP contribution in [0.2, 0.25) is 0 Å². The number of hydrogen-bond donors (Lipinski definition) is 6. The normalized spacial score (nSPS) is 13.3. The van der Waals surface area contributed by atoms with Crippen LogP contribution in [0.5, 0.6) is 5.75 Å². The van der Waals surface area contributed by atoms with Crippen molar-refractivity contribution in [2.24, 2.45) is 5.92 Å². The highest BCUT2D eigenvalue weighted by Gasteiger charge is 2.30. The van der Waals surface area contributed by atoms with Gasteiger partial charge in [-0.25, -0.2) is 0 Å². The largest absolute Gasteiger partial charge is 0.508 e. The molecule has 2 aromatic rings. The second-order valence-electron chi connectivity index (χ2n) is 15.3. The fraction of sp³-hybridized carbons (Fsp3) is 0.614. The van der Waals surface area contributed by atoms with E-state index in [1.165, 1.54) is 90.3 Å². The first-order valence-corrected chi connectivity index (χ1v) is 20.7. The summed E-state index contributed by atoms with van der Waals surface area (Å²) in [5.74, 6) is -2.07. The van der Waals surface area contributed by atoms with E-state index in [4.69, 9.17) is 0 Å². The molecule has 11 nitrogen and oxygen atoms in total. The van der Waals surface area contributed by atoms with Gasteiger partial charge in [-0.05, 0) is 48.9 Å². The topological polar surface area (TPSA) is 166 Å². The van der Waals surface area contributed by atoms with Crippen molar-refractivity contribution in [3.8, 4) is 5.75 Å². The monoisotopic (exact) mass is 764 g/mol. The molecule has 0 unspecified atom stereocenters. The fourth-order valence-electron chi connectivity index (χ4n) is 6.53. The van der Waals surface area contributed by atoms with Crippen molar-refractivity contribution in [1.82, 2.24) is 26.6 Å². The van der Waals surface area contributed by atoms with E-state index in [1.54, 1.807) is 12.1 Å². The zero-order valence-corrected chi connectivity index (χ0v) is 34.1. The zero-order chi connectivity index (χ0) is 40.4. The van der Waals surface area contributed by atoms with Gasteiger partial charge >= 0.3 is 0 Å². The number of carbonyl (C=O) groups is 5. The number of phenolic OH excluding ortho intramolecular Hbond substituents is 1. The minimum atomic E-state index is -1.11. The predicted octanol–water partition coefficient (Wildman–Crippen LogP) is 6.41. The Labute approximate surface area is 330 Å². The number of aromatic hydroxyl groups is 1. The molecule has 0 aromatic heterocycles. The first kappa shape index (κ1) is 46.7. The number of nitrogens with one attached hydrogen (secondary N) is 5. The number of hydrogen-bond acceptors (Lipinski definition) is 6. The van der Waals surface area contributed by atoms with Gasteiger partial charge in [0.1, 0.15) is 29.9 Å². The first-order valence-electron chi connectivity index (χ1n) is 20.7. The maximum absolute atomic E-state index is 13.7. The van der Waals surface area contributed by atoms with Crippen LogP contribution in [0.25, 0.3) is 0 Å².